The Hall–Kier alpha value is -0.330. The number of ketones is 1. The Morgan fingerprint density at radius 3 is 1.55 bits per heavy atom. The quantitative estimate of drug-likeness (QED) is 0.525. The third-order valence-corrected chi connectivity index (χ3v) is 1.41. The number of hydrogen-bond acceptors (Lipinski definition) is 1. The second-order valence-electron chi connectivity index (χ2n) is 3.60. The Morgan fingerprint density at radius 2 is 1.36 bits per heavy atom. The van der Waals surface area contributed by atoms with E-state index in [1.54, 1.807) is 0 Å². The van der Waals surface area contributed by atoms with E-state index in [-0.39, 0.29) is 0 Å². The van der Waals surface area contributed by atoms with Crippen molar-refractivity contribution in [3.05, 3.63) is 5.92 Å². The summed E-state index contributed by atoms with van der Waals surface area (Å²) in [7, 11) is 0. The van der Waals surface area contributed by atoms with E-state index in [0.717, 1.165) is 25.7 Å². The smallest absolute Gasteiger partial charge is 0.132 e. The predicted octanol–water partition coefficient (Wildman–Crippen LogP) is 3.14. The molecule has 0 spiro atoms. The largest absolute Gasteiger partial charge is 0.300 e. The zero-order chi connectivity index (χ0) is 8.69. The van der Waals surface area contributed by atoms with Gasteiger partial charge in [-0.1, -0.05) is 27.2 Å². The molecule has 0 aromatic heterocycles. The van der Waals surface area contributed by atoms with E-state index < -0.39 is 0 Å². The van der Waals surface area contributed by atoms with Crippen LogP contribution in [0.5, 0.6) is 0 Å². The molecule has 1 radical (unpaired) electrons. The summed E-state index contributed by atoms with van der Waals surface area (Å²) in [5.74, 6) is 1.88. The van der Waals surface area contributed by atoms with E-state index in [9.17, 15) is 4.79 Å². The van der Waals surface area contributed by atoms with Gasteiger partial charge in [0.1, 0.15) is 5.78 Å². The lowest BCUT2D eigenvalue weighted by Crippen LogP contribution is -2.02. The van der Waals surface area contributed by atoms with Crippen molar-refractivity contribution in [2.75, 3.05) is 0 Å². The highest BCUT2D eigenvalue weighted by atomic mass is 16.1. The van der Waals surface area contributed by atoms with Crippen LogP contribution in [0.2, 0.25) is 0 Å². The van der Waals surface area contributed by atoms with Crippen LogP contribution < -0.4 is 0 Å². The van der Waals surface area contributed by atoms with Gasteiger partial charge in [-0.15, -0.1) is 0 Å². The predicted molar refractivity (Wildman–Crippen MR) is 48.4 cm³/mol. The highest BCUT2D eigenvalue weighted by molar-refractivity contribution is 5.78. The SMILES string of the molecule is C[C](C)C.O=C1CCCCC1. The first-order valence-electron chi connectivity index (χ1n) is 4.41. The standard InChI is InChI=1S/C6H10O.C4H9/c7-6-4-2-1-3-5-6;1-4(2)3/h1-5H2;1-3H3. The molecule has 0 saturated heterocycles. The van der Waals surface area contributed by atoms with Gasteiger partial charge in [-0.05, 0) is 18.8 Å². The van der Waals surface area contributed by atoms with E-state index in [1.807, 2.05) is 0 Å². The van der Waals surface area contributed by atoms with Crippen LogP contribution in [-0.4, -0.2) is 5.78 Å². The Kier molecular flexibility index (Phi) is 6.19. The maximum Gasteiger partial charge on any atom is 0.132 e. The molecular formula is C10H19O. The van der Waals surface area contributed by atoms with Gasteiger partial charge in [0.15, 0.2) is 0 Å². The summed E-state index contributed by atoms with van der Waals surface area (Å²) in [6, 6.07) is 0. The van der Waals surface area contributed by atoms with Crippen LogP contribution >= 0.6 is 0 Å². The summed E-state index contributed by atoms with van der Waals surface area (Å²) in [5.41, 5.74) is 0. The molecule has 0 amide bonds. The van der Waals surface area contributed by atoms with Crippen LogP contribution in [-0.2, 0) is 4.79 Å². The van der Waals surface area contributed by atoms with Gasteiger partial charge in [-0.3, -0.25) is 4.79 Å². The fourth-order valence-electron chi connectivity index (χ4n) is 0.946. The average molecular weight is 155 g/mol. The molecule has 1 heteroatoms. The highest BCUT2D eigenvalue weighted by Crippen LogP contribution is 2.12. The molecule has 0 bridgehead atoms. The van der Waals surface area contributed by atoms with Crippen molar-refractivity contribution in [3.8, 4) is 0 Å². The molecule has 65 valence electrons. The van der Waals surface area contributed by atoms with Gasteiger partial charge < -0.3 is 0 Å². The third-order valence-electron chi connectivity index (χ3n) is 1.41. The van der Waals surface area contributed by atoms with Crippen molar-refractivity contribution in [3.63, 3.8) is 0 Å². The number of carbonyl (C=O) groups excluding carboxylic acids is 1. The van der Waals surface area contributed by atoms with E-state index in [0.29, 0.717) is 5.78 Å². The van der Waals surface area contributed by atoms with Gasteiger partial charge in [0.25, 0.3) is 0 Å². The summed E-state index contributed by atoms with van der Waals surface area (Å²) in [4.78, 5) is 10.5. The van der Waals surface area contributed by atoms with Crippen molar-refractivity contribution >= 4 is 5.78 Å². The topological polar surface area (TPSA) is 17.1 Å². The monoisotopic (exact) mass is 155 g/mol. The first-order chi connectivity index (χ1) is 5.13. The number of carbonyl (C=O) groups is 1. The molecule has 0 aliphatic heterocycles. The minimum Gasteiger partial charge on any atom is -0.300 e. The Morgan fingerprint density at radius 1 is 1.00 bits per heavy atom. The molecule has 11 heavy (non-hydrogen) atoms. The molecule has 0 atom stereocenters. The van der Waals surface area contributed by atoms with Crippen molar-refractivity contribution in [2.24, 2.45) is 0 Å². The summed E-state index contributed by atoms with van der Waals surface area (Å²) in [5, 5.41) is 0. The molecule has 0 aromatic carbocycles. The van der Waals surface area contributed by atoms with Gasteiger partial charge in [0.05, 0.1) is 0 Å². The van der Waals surface area contributed by atoms with Gasteiger partial charge in [-0.25, -0.2) is 0 Å². The summed E-state index contributed by atoms with van der Waals surface area (Å²) >= 11 is 0. The minimum absolute atomic E-state index is 0.464. The van der Waals surface area contributed by atoms with Crippen LogP contribution in [0.3, 0.4) is 0 Å². The van der Waals surface area contributed by atoms with Gasteiger partial charge >= 0.3 is 0 Å². The lowest BCUT2D eigenvalue weighted by molar-refractivity contribution is -0.120. The van der Waals surface area contributed by atoms with Gasteiger partial charge in [0, 0.05) is 12.8 Å². The zero-order valence-corrected chi connectivity index (χ0v) is 7.94. The normalized spacial score (nSPS) is 17.6. The van der Waals surface area contributed by atoms with Gasteiger partial charge in [0.2, 0.25) is 0 Å². The first-order valence-corrected chi connectivity index (χ1v) is 4.41. The maximum atomic E-state index is 10.5. The average Bonchev–Trinajstić information content (AvgIpc) is 1.87. The fraction of sp³-hybridized carbons (Fsp3) is 0.800. The summed E-state index contributed by atoms with van der Waals surface area (Å²) in [6.07, 6.45) is 5.24. The summed E-state index contributed by atoms with van der Waals surface area (Å²) < 4.78 is 0. The Balaban J connectivity index is 0.000000218. The fourth-order valence-corrected chi connectivity index (χ4v) is 0.946. The summed E-state index contributed by atoms with van der Waals surface area (Å²) in [6.45, 7) is 6.25. The Labute approximate surface area is 70.2 Å². The number of rotatable bonds is 0. The van der Waals surface area contributed by atoms with Crippen LogP contribution in [0.4, 0.5) is 0 Å². The number of Topliss-reactive ketones (excluding diaryl/α,β-unsaturated/α-hetero) is 1. The maximum absolute atomic E-state index is 10.5. The highest BCUT2D eigenvalue weighted by Gasteiger charge is 2.05. The molecule has 1 nitrogen and oxygen atoms in total. The zero-order valence-electron chi connectivity index (χ0n) is 7.94. The Bertz CT molecular complexity index is 94.7. The second-order valence-corrected chi connectivity index (χ2v) is 3.60. The van der Waals surface area contributed by atoms with Gasteiger partial charge in [-0.2, -0.15) is 0 Å². The molecule has 0 heterocycles. The van der Waals surface area contributed by atoms with E-state index >= 15 is 0 Å². The van der Waals surface area contributed by atoms with Crippen molar-refractivity contribution in [1.82, 2.24) is 0 Å². The van der Waals surface area contributed by atoms with Crippen molar-refractivity contribution in [2.45, 2.75) is 52.9 Å². The van der Waals surface area contributed by atoms with E-state index in [1.165, 1.54) is 12.3 Å². The molecule has 1 aliphatic rings. The van der Waals surface area contributed by atoms with Crippen LogP contribution in [0.25, 0.3) is 0 Å². The molecule has 1 fully saturated rings. The second kappa shape index (κ2) is 6.38. The first kappa shape index (κ1) is 10.7. The molecule has 1 saturated carbocycles. The molecule has 0 unspecified atom stereocenters. The van der Waals surface area contributed by atoms with E-state index in [2.05, 4.69) is 20.8 Å². The lowest BCUT2D eigenvalue weighted by Gasteiger charge is -2.05. The van der Waals surface area contributed by atoms with Crippen LogP contribution in [0.15, 0.2) is 0 Å². The van der Waals surface area contributed by atoms with E-state index in [4.69, 9.17) is 0 Å². The van der Waals surface area contributed by atoms with Crippen LogP contribution in [0.1, 0.15) is 52.9 Å². The molecule has 0 aromatic rings. The number of hydrogen-bond donors (Lipinski definition) is 0. The van der Waals surface area contributed by atoms with Crippen LogP contribution in [0, 0.1) is 5.92 Å². The van der Waals surface area contributed by atoms with Crippen molar-refractivity contribution < 1.29 is 4.79 Å². The molecule has 1 aliphatic carbocycles. The molecule has 0 N–H and O–H groups in total. The lowest BCUT2D eigenvalue weighted by atomic mass is 10.00. The minimum atomic E-state index is 0.464. The molecule has 1 rings (SSSR count). The molecular weight excluding hydrogens is 136 g/mol. The van der Waals surface area contributed by atoms with Crippen molar-refractivity contribution in [1.29, 1.82) is 0 Å². The third kappa shape index (κ3) is 9.67.